The number of hydrogen-bond donors (Lipinski definition) is 0. The second-order valence-corrected chi connectivity index (χ2v) is 7.81. The van der Waals surface area contributed by atoms with E-state index in [1.165, 1.54) is 0 Å². The summed E-state index contributed by atoms with van der Waals surface area (Å²) < 4.78 is 27.8. The molecule has 0 fully saturated rings. The van der Waals surface area contributed by atoms with Gasteiger partial charge in [0.2, 0.25) is 10.0 Å². The Morgan fingerprint density at radius 3 is 2.19 bits per heavy atom. The van der Waals surface area contributed by atoms with Crippen molar-refractivity contribution in [3.63, 3.8) is 0 Å². The van der Waals surface area contributed by atoms with Crippen molar-refractivity contribution in [2.45, 2.75) is 57.4 Å². The highest BCUT2D eigenvalue weighted by Crippen LogP contribution is 2.26. The maximum Gasteiger partial charge on any atom is 0.243 e. The zero-order valence-corrected chi connectivity index (χ0v) is 14.9. The summed E-state index contributed by atoms with van der Waals surface area (Å²) >= 11 is 5.91. The minimum Gasteiger partial charge on any atom is -0.207 e. The van der Waals surface area contributed by atoms with E-state index in [0.29, 0.717) is 17.0 Å². The third-order valence-corrected chi connectivity index (χ3v) is 5.90. The van der Waals surface area contributed by atoms with Crippen LogP contribution < -0.4 is 0 Å². The predicted octanol–water partition coefficient (Wildman–Crippen LogP) is 4.26. The first-order valence-corrected chi connectivity index (χ1v) is 9.51. The molecule has 0 aliphatic heterocycles. The highest BCUT2D eigenvalue weighted by atomic mass is 35.5. The summed E-state index contributed by atoms with van der Waals surface area (Å²) in [6.07, 6.45) is 1.62. The molecule has 3 nitrogen and oxygen atoms in total. The molecule has 5 heteroatoms. The third-order valence-electron chi connectivity index (χ3n) is 3.60. The zero-order chi connectivity index (χ0) is 16.0. The molecule has 0 aromatic heterocycles. The molecule has 1 aromatic rings. The van der Waals surface area contributed by atoms with Gasteiger partial charge in [-0.05, 0) is 30.4 Å². The molecule has 0 spiro atoms. The Morgan fingerprint density at radius 1 is 1.14 bits per heavy atom. The van der Waals surface area contributed by atoms with E-state index in [-0.39, 0.29) is 17.8 Å². The van der Waals surface area contributed by atoms with Crippen molar-refractivity contribution >= 4 is 21.6 Å². The van der Waals surface area contributed by atoms with E-state index in [4.69, 9.17) is 11.6 Å². The monoisotopic (exact) mass is 331 g/mol. The molecule has 0 saturated heterocycles. The van der Waals surface area contributed by atoms with Gasteiger partial charge >= 0.3 is 0 Å². The Labute approximate surface area is 134 Å². The molecule has 0 amide bonds. The maximum atomic E-state index is 13.1. The van der Waals surface area contributed by atoms with Crippen LogP contribution >= 0.6 is 11.6 Å². The first-order valence-electron chi connectivity index (χ1n) is 7.54. The lowest BCUT2D eigenvalue weighted by Crippen LogP contribution is -2.42. The SMILES string of the molecule is CCC(CC)N(CC(C)C)S(=O)(=O)c1ccccc1CCl. The summed E-state index contributed by atoms with van der Waals surface area (Å²) in [5.74, 6) is 0.483. The van der Waals surface area contributed by atoms with Crippen LogP contribution in [0.5, 0.6) is 0 Å². The topological polar surface area (TPSA) is 37.4 Å². The molecule has 0 atom stereocenters. The van der Waals surface area contributed by atoms with Crippen molar-refractivity contribution in [3.05, 3.63) is 29.8 Å². The van der Waals surface area contributed by atoms with Crippen LogP contribution in [0.15, 0.2) is 29.2 Å². The number of alkyl halides is 1. The zero-order valence-electron chi connectivity index (χ0n) is 13.3. The van der Waals surface area contributed by atoms with Gasteiger partial charge < -0.3 is 0 Å². The fourth-order valence-electron chi connectivity index (χ4n) is 2.49. The molecule has 0 heterocycles. The van der Waals surface area contributed by atoms with E-state index in [2.05, 4.69) is 0 Å². The van der Waals surface area contributed by atoms with Crippen molar-refractivity contribution in [1.29, 1.82) is 0 Å². The molecule has 0 saturated carbocycles. The van der Waals surface area contributed by atoms with Gasteiger partial charge in [-0.2, -0.15) is 4.31 Å². The van der Waals surface area contributed by atoms with E-state index in [1.807, 2.05) is 33.8 Å². The summed E-state index contributed by atoms with van der Waals surface area (Å²) in [6.45, 7) is 8.68. The van der Waals surface area contributed by atoms with Crippen LogP contribution in [0.2, 0.25) is 0 Å². The van der Waals surface area contributed by atoms with Gasteiger partial charge in [0.15, 0.2) is 0 Å². The number of benzene rings is 1. The first kappa shape index (κ1) is 18.5. The van der Waals surface area contributed by atoms with Crippen molar-refractivity contribution < 1.29 is 8.42 Å². The molecule has 21 heavy (non-hydrogen) atoms. The predicted molar refractivity (Wildman–Crippen MR) is 89.1 cm³/mol. The van der Waals surface area contributed by atoms with Gasteiger partial charge in [0, 0.05) is 18.5 Å². The van der Waals surface area contributed by atoms with Crippen molar-refractivity contribution in [2.75, 3.05) is 6.54 Å². The Kier molecular flexibility index (Phi) is 7.17. The summed E-state index contributed by atoms with van der Waals surface area (Å²) in [5, 5.41) is 0. The highest BCUT2D eigenvalue weighted by molar-refractivity contribution is 7.89. The smallest absolute Gasteiger partial charge is 0.207 e. The van der Waals surface area contributed by atoms with Gasteiger partial charge in [0.1, 0.15) is 0 Å². The van der Waals surface area contributed by atoms with E-state index in [0.717, 1.165) is 12.8 Å². The normalized spacial score (nSPS) is 12.6. The minimum absolute atomic E-state index is 0.0285. The fraction of sp³-hybridized carbons (Fsp3) is 0.625. The number of rotatable bonds is 8. The fourth-order valence-corrected chi connectivity index (χ4v) is 4.96. The lowest BCUT2D eigenvalue weighted by Gasteiger charge is -2.31. The van der Waals surface area contributed by atoms with E-state index < -0.39 is 10.0 Å². The van der Waals surface area contributed by atoms with Crippen LogP contribution in [0.25, 0.3) is 0 Å². The molecule has 0 bridgehead atoms. The number of sulfonamides is 1. The largest absolute Gasteiger partial charge is 0.243 e. The van der Waals surface area contributed by atoms with Crippen LogP contribution in [-0.4, -0.2) is 25.3 Å². The van der Waals surface area contributed by atoms with Gasteiger partial charge in [-0.15, -0.1) is 11.6 Å². The number of hydrogen-bond acceptors (Lipinski definition) is 2. The number of halogens is 1. The minimum atomic E-state index is -3.51. The summed E-state index contributed by atoms with van der Waals surface area (Å²) in [4.78, 5) is 0.340. The van der Waals surface area contributed by atoms with Crippen molar-refractivity contribution in [3.8, 4) is 0 Å². The standard InChI is InChI=1S/C16H26ClNO2S/c1-5-15(6-2)18(12-13(3)4)21(19,20)16-10-8-7-9-14(16)11-17/h7-10,13,15H,5-6,11-12H2,1-4H3. The lowest BCUT2D eigenvalue weighted by molar-refractivity contribution is 0.276. The second-order valence-electron chi connectivity index (χ2n) is 5.68. The molecule has 1 rings (SSSR count). The molecule has 0 radical (unpaired) electrons. The average molecular weight is 332 g/mol. The Bertz CT molecular complexity index is 539. The van der Waals surface area contributed by atoms with Crippen LogP contribution in [0, 0.1) is 5.92 Å². The Balaban J connectivity index is 3.32. The average Bonchev–Trinajstić information content (AvgIpc) is 2.47. The van der Waals surface area contributed by atoms with Gasteiger partial charge in [-0.1, -0.05) is 45.9 Å². The van der Waals surface area contributed by atoms with Crippen LogP contribution in [0.4, 0.5) is 0 Å². The van der Waals surface area contributed by atoms with Gasteiger partial charge in [0.25, 0.3) is 0 Å². The molecule has 0 aliphatic rings. The maximum absolute atomic E-state index is 13.1. The summed E-state index contributed by atoms with van der Waals surface area (Å²) in [6, 6.07) is 7.04. The van der Waals surface area contributed by atoms with Crippen molar-refractivity contribution in [2.24, 2.45) is 5.92 Å². The van der Waals surface area contributed by atoms with Crippen molar-refractivity contribution in [1.82, 2.24) is 4.31 Å². The lowest BCUT2D eigenvalue weighted by atomic mass is 10.1. The van der Waals surface area contributed by atoms with E-state index in [1.54, 1.807) is 22.5 Å². The summed E-state index contributed by atoms with van der Waals surface area (Å²) in [5.41, 5.74) is 0.666. The highest BCUT2D eigenvalue weighted by Gasteiger charge is 2.31. The quantitative estimate of drug-likeness (QED) is 0.667. The molecule has 0 aliphatic carbocycles. The van der Waals surface area contributed by atoms with Crippen LogP contribution in [-0.2, 0) is 15.9 Å². The Morgan fingerprint density at radius 2 is 1.71 bits per heavy atom. The first-order chi connectivity index (χ1) is 9.88. The van der Waals surface area contributed by atoms with E-state index in [9.17, 15) is 8.42 Å². The van der Waals surface area contributed by atoms with Gasteiger partial charge in [-0.3, -0.25) is 0 Å². The molecular formula is C16H26ClNO2S. The molecule has 0 unspecified atom stereocenters. The molecule has 1 aromatic carbocycles. The molecule has 120 valence electrons. The van der Waals surface area contributed by atoms with Crippen LogP contribution in [0.1, 0.15) is 46.1 Å². The number of nitrogens with zero attached hydrogens (tertiary/aromatic N) is 1. The van der Waals surface area contributed by atoms with E-state index >= 15 is 0 Å². The third kappa shape index (κ3) is 4.44. The summed E-state index contributed by atoms with van der Waals surface area (Å²) in [7, 11) is -3.51. The van der Waals surface area contributed by atoms with Crippen LogP contribution in [0.3, 0.4) is 0 Å². The molecular weight excluding hydrogens is 306 g/mol. The molecule has 0 N–H and O–H groups in total. The van der Waals surface area contributed by atoms with Gasteiger partial charge in [-0.25, -0.2) is 8.42 Å². The Hall–Kier alpha value is -0.580. The second kappa shape index (κ2) is 8.16. The van der Waals surface area contributed by atoms with Gasteiger partial charge in [0.05, 0.1) is 4.90 Å².